The van der Waals surface area contributed by atoms with Gasteiger partial charge in [0, 0.05) is 18.1 Å². The number of nitrogens with zero attached hydrogens (tertiary/aromatic N) is 1. The minimum Gasteiger partial charge on any atom is -0.478 e. The molecule has 0 fully saturated rings. The van der Waals surface area contributed by atoms with Crippen molar-refractivity contribution >= 4 is 35.2 Å². The number of carbonyl (C=O) groups excluding carboxylic acids is 4. The summed E-state index contributed by atoms with van der Waals surface area (Å²) in [6.45, 7) is 1.26. The van der Waals surface area contributed by atoms with E-state index in [0.29, 0.717) is 5.69 Å². The minimum absolute atomic E-state index is 0.0478. The van der Waals surface area contributed by atoms with Gasteiger partial charge in [-0.15, -0.1) is 0 Å². The first kappa shape index (κ1) is 20.7. The molecule has 0 aliphatic carbocycles. The van der Waals surface area contributed by atoms with Gasteiger partial charge in [-0.25, -0.2) is 9.69 Å². The second kappa shape index (κ2) is 7.92. The van der Waals surface area contributed by atoms with Crippen LogP contribution in [-0.2, 0) is 4.79 Å². The fraction of sp³-hybridized carbons (Fsp3) is 0.0417. The minimum atomic E-state index is -1.10. The van der Waals surface area contributed by atoms with Crippen LogP contribution in [0.3, 0.4) is 0 Å². The van der Waals surface area contributed by atoms with E-state index >= 15 is 0 Å². The molecular weight excluding hydrogens is 414 g/mol. The molecule has 0 saturated carbocycles. The molecule has 1 N–H and O–H groups in total. The van der Waals surface area contributed by atoms with Crippen LogP contribution in [-0.4, -0.2) is 34.6 Å². The number of esters is 1. The maximum atomic E-state index is 12.9. The van der Waals surface area contributed by atoms with Gasteiger partial charge in [0.25, 0.3) is 11.8 Å². The fourth-order valence-corrected chi connectivity index (χ4v) is 3.38. The number of imide groups is 1. The number of amides is 2. The first-order valence-electron chi connectivity index (χ1n) is 9.45. The predicted octanol–water partition coefficient (Wildman–Crippen LogP) is 3.34. The van der Waals surface area contributed by atoms with Gasteiger partial charge < -0.3 is 9.84 Å². The number of hydrogen-bond donors (Lipinski definition) is 1. The SMILES string of the molecule is CC(=O)Oc1ccc(N2C(=O)c3ccc(C(=O)c4ccc(C(=O)O)cc4)cc3C2=O)cc1. The van der Waals surface area contributed by atoms with E-state index in [4.69, 9.17) is 9.84 Å². The monoisotopic (exact) mass is 429 g/mol. The number of anilines is 1. The number of ether oxygens (including phenoxy) is 1. The Morgan fingerprint density at radius 2 is 1.31 bits per heavy atom. The molecule has 3 aromatic carbocycles. The van der Waals surface area contributed by atoms with Crippen LogP contribution in [0.4, 0.5) is 5.69 Å². The van der Waals surface area contributed by atoms with E-state index in [2.05, 4.69) is 0 Å². The standard InChI is InChI=1S/C24H15NO7/c1-13(26)32-18-9-7-17(8-10-18)25-22(28)19-11-6-16(12-20(19)23(25)29)21(27)14-2-4-15(5-3-14)24(30)31/h2-12H,1H3,(H,30,31). The highest BCUT2D eigenvalue weighted by molar-refractivity contribution is 6.35. The van der Waals surface area contributed by atoms with Gasteiger partial charge in [-0.1, -0.05) is 18.2 Å². The Bertz CT molecular complexity index is 1290. The first-order chi connectivity index (χ1) is 15.3. The number of rotatable bonds is 5. The van der Waals surface area contributed by atoms with E-state index in [1.165, 1.54) is 73.7 Å². The molecule has 0 spiro atoms. The zero-order chi connectivity index (χ0) is 23.0. The van der Waals surface area contributed by atoms with Crippen molar-refractivity contribution in [2.75, 3.05) is 4.90 Å². The van der Waals surface area contributed by atoms with Gasteiger partial charge in [0.1, 0.15) is 5.75 Å². The third kappa shape index (κ3) is 3.65. The summed E-state index contributed by atoms with van der Waals surface area (Å²) in [5.74, 6) is -2.84. The molecule has 0 unspecified atom stereocenters. The van der Waals surface area contributed by atoms with Crippen molar-refractivity contribution in [2.45, 2.75) is 6.92 Å². The summed E-state index contributed by atoms with van der Waals surface area (Å²) in [5, 5.41) is 8.98. The summed E-state index contributed by atoms with van der Waals surface area (Å²) in [7, 11) is 0. The maximum absolute atomic E-state index is 12.9. The second-order valence-corrected chi connectivity index (χ2v) is 7.01. The highest BCUT2D eigenvalue weighted by Crippen LogP contribution is 2.30. The number of benzene rings is 3. The highest BCUT2D eigenvalue weighted by atomic mass is 16.5. The molecule has 3 aromatic rings. The number of hydrogen-bond acceptors (Lipinski definition) is 6. The molecular formula is C24H15NO7. The number of fused-ring (bicyclic) bond motifs is 1. The maximum Gasteiger partial charge on any atom is 0.335 e. The third-order valence-corrected chi connectivity index (χ3v) is 4.90. The Balaban J connectivity index is 1.62. The Hall–Kier alpha value is -4.59. The summed E-state index contributed by atoms with van der Waals surface area (Å²) in [6.07, 6.45) is 0. The summed E-state index contributed by atoms with van der Waals surface area (Å²) >= 11 is 0. The van der Waals surface area contributed by atoms with E-state index in [-0.39, 0.29) is 33.6 Å². The Morgan fingerprint density at radius 1 is 0.750 bits per heavy atom. The van der Waals surface area contributed by atoms with Crippen LogP contribution in [0.5, 0.6) is 5.75 Å². The van der Waals surface area contributed by atoms with Gasteiger partial charge in [0.05, 0.1) is 22.4 Å². The molecule has 8 nitrogen and oxygen atoms in total. The van der Waals surface area contributed by atoms with E-state index < -0.39 is 29.5 Å². The number of carbonyl (C=O) groups is 5. The van der Waals surface area contributed by atoms with Crippen LogP contribution in [0.1, 0.15) is 53.9 Å². The average molecular weight is 429 g/mol. The number of carboxylic acids is 1. The van der Waals surface area contributed by atoms with Crippen molar-refractivity contribution in [3.8, 4) is 5.75 Å². The van der Waals surface area contributed by atoms with Gasteiger partial charge >= 0.3 is 11.9 Å². The van der Waals surface area contributed by atoms with E-state index in [9.17, 15) is 24.0 Å². The van der Waals surface area contributed by atoms with Crippen molar-refractivity contribution in [1.29, 1.82) is 0 Å². The fourth-order valence-electron chi connectivity index (χ4n) is 3.38. The van der Waals surface area contributed by atoms with Crippen LogP contribution < -0.4 is 9.64 Å². The van der Waals surface area contributed by atoms with Crippen molar-refractivity contribution in [3.05, 3.63) is 94.5 Å². The largest absolute Gasteiger partial charge is 0.478 e. The van der Waals surface area contributed by atoms with E-state index in [1.807, 2.05) is 0 Å². The lowest BCUT2D eigenvalue weighted by Gasteiger charge is -2.14. The lowest BCUT2D eigenvalue weighted by atomic mass is 9.98. The topological polar surface area (TPSA) is 118 Å². The van der Waals surface area contributed by atoms with Gasteiger partial charge in [-0.3, -0.25) is 19.2 Å². The first-order valence-corrected chi connectivity index (χ1v) is 9.45. The molecule has 158 valence electrons. The van der Waals surface area contributed by atoms with Gasteiger partial charge in [-0.2, -0.15) is 0 Å². The van der Waals surface area contributed by atoms with Crippen LogP contribution in [0.15, 0.2) is 66.7 Å². The lowest BCUT2D eigenvalue weighted by Crippen LogP contribution is -2.29. The average Bonchev–Trinajstić information content (AvgIpc) is 3.03. The van der Waals surface area contributed by atoms with Gasteiger partial charge in [0.15, 0.2) is 5.78 Å². The van der Waals surface area contributed by atoms with Crippen LogP contribution in [0, 0.1) is 0 Å². The molecule has 0 bridgehead atoms. The third-order valence-electron chi connectivity index (χ3n) is 4.90. The normalized spacial score (nSPS) is 12.5. The summed E-state index contributed by atoms with van der Waals surface area (Å²) in [5.41, 5.74) is 1.05. The molecule has 1 aliphatic heterocycles. The Kier molecular flexibility index (Phi) is 5.11. The second-order valence-electron chi connectivity index (χ2n) is 7.01. The zero-order valence-electron chi connectivity index (χ0n) is 16.7. The molecule has 1 heterocycles. The molecule has 4 rings (SSSR count). The van der Waals surface area contributed by atoms with Crippen LogP contribution in [0.25, 0.3) is 0 Å². The van der Waals surface area contributed by atoms with Crippen molar-refractivity contribution in [2.24, 2.45) is 0 Å². The van der Waals surface area contributed by atoms with Crippen molar-refractivity contribution < 1.29 is 33.8 Å². The quantitative estimate of drug-likeness (QED) is 0.286. The predicted molar refractivity (Wildman–Crippen MR) is 112 cm³/mol. The number of ketones is 1. The van der Waals surface area contributed by atoms with E-state index in [1.54, 1.807) is 0 Å². The van der Waals surface area contributed by atoms with Crippen LogP contribution in [0.2, 0.25) is 0 Å². The van der Waals surface area contributed by atoms with Gasteiger partial charge in [0.2, 0.25) is 0 Å². The smallest absolute Gasteiger partial charge is 0.335 e. The Labute approximate surface area is 181 Å². The lowest BCUT2D eigenvalue weighted by molar-refractivity contribution is -0.131. The molecule has 1 aliphatic rings. The van der Waals surface area contributed by atoms with Crippen molar-refractivity contribution in [1.82, 2.24) is 0 Å². The van der Waals surface area contributed by atoms with Gasteiger partial charge in [-0.05, 0) is 48.5 Å². The molecule has 32 heavy (non-hydrogen) atoms. The molecule has 0 saturated heterocycles. The van der Waals surface area contributed by atoms with Crippen molar-refractivity contribution in [3.63, 3.8) is 0 Å². The molecule has 2 amide bonds. The highest BCUT2D eigenvalue weighted by Gasteiger charge is 2.37. The molecule has 8 heteroatoms. The van der Waals surface area contributed by atoms with Crippen LogP contribution >= 0.6 is 0 Å². The summed E-state index contributed by atoms with van der Waals surface area (Å²) in [4.78, 5) is 61.6. The van der Waals surface area contributed by atoms with E-state index in [0.717, 1.165) is 4.90 Å². The molecule has 0 atom stereocenters. The Morgan fingerprint density at radius 3 is 1.91 bits per heavy atom. The number of carboxylic acid groups (broad SMARTS) is 1. The summed E-state index contributed by atoms with van der Waals surface area (Å²) in [6, 6.07) is 15.5. The zero-order valence-corrected chi connectivity index (χ0v) is 16.7. The number of aromatic carboxylic acids is 1. The molecule has 0 radical (unpaired) electrons. The molecule has 0 aromatic heterocycles. The summed E-state index contributed by atoms with van der Waals surface area (Å²) < 4.78 is 4.95.